The van der Waals surface area contributed by atoms with Crippen molar-refractivity contribution in [2.24, 2.45) is 0 Å². The van der Waals surface area contributed by atoms with Gasteiger partial charge in [0.1, 0.15) is 6.63 Å². The van der Waals surface area contributed by atoms with Gasteiger partial charge in [0.25, 0.3) is 0 Å². The Hall–Kier alpha value is -10.1. The number of nitrogens with one attached hydrogen (secondary N) is 1. The Balaban J connectivity index is 0.000000132. The van der Waals surface area contributed by atoms with Crippen molar-refractivity contribution in [1.29, 1.82) is 0 Å². The number of nitrogens with two attached hydrogens (primary N) is 1. The first-order valence-corrected chi connectivity index (χ1v) is 56.3. The van der Waals surface area contributed by atoms with Crippen molar-refractivity contribution < 1.29 is 15.1 Å². The number of benzene rings is 19. The second kappa shape index (κ2) is 50.5. The van der Waals surface area contributed by atoms with Gasteiger partial charge in [-0.25, -0.2) is 0 Å². The molecule has 692 valence electrons. The highest BCUT2D eigenvalue weighted by atomic mass is 127. The zero-order valence-electron chi connectivity index (χ0n) is 73.8. The van der Waals surface area contributed by atoms with Gasteiger partial charge in [-0.1, -0.05) is 289 Å². The number of rotatable bonds is 11. The van der Waals surface area contributed by atoms with Crippen molar-refractivity contribution in [1.82, 2.24) is 13.7 Å². The SMILES string of the molecule is Brc1ccccc1I.Brc1ccccc1N(c1ccc(-n2c3ccccc3c3ccccc32)cc1)c1ccccc1Br.Brc1ccccc1Nc1ccccc1Br.ClCCl.ClP(Cl)c1ccccc1.Ic1ccc(-n2c3ccccc3c3ccccc32)cc1.Nc1ccccc1Br.O=P1(c2ccccc2)c2ccccc2N(c2ccc(-n3c4ccccc4c4ccccc43)cc2)c2ccccc21.OO. The lowest BCUT2D eigenvalue weighted by Crippen LogP contribution is -2.36. The summed E-state index contributed by atoms with van der Waals surface area (Å²) in [6.07, 6.45) is 0. The molecule has 0 aliphatic carbocycles. The largest absolute Gasteiger partial charge is 0.398 e. The van der Waals surface area contributed by atoms with Crippen LogP contribution in [0.4, 0.5) is 51.2 Å². The van der Waals surface area contributed by atoms with Crippen LogP contribution in [0.3, 0.4) is 0 Å². The fourth-order valence-corrected chi connectivity index (χ4v) is 23.5. The maximum atomic E-state index is 15.1. The van der Waals surface area contributed by atoms with Gasteiger partial charge in [-0.05, 0) is 347 Å². The zero-order valence-corrected chi connectivity index (χ0v) is 92.4. The molecule has 22 aromatic rings. The van der Waals surface area contributed by atoms with E-state index in [0.717, 1.165) is 106 Å². The van der Waals surface area contributed by atoms with Crippen LogP contribution in [0, 0.1) is 7.14 Å². The maximum Gasteiger partial charge on any atom is 0.175 e. The van der Waals surface area contributed by atoms with E-state index in [4.69, 9.17) is 61.9 Å². The maximum absolute atomic E-state index is 15.1. The third kappa shape index (κ3) is 24.4. The van der Waals surface area contributed by atoms with E-state index in [2.05, 4.69) is 443 Å². The Morgan fingerprint density at radius 2 is 0.604 bits per heavy atom. The monoisotopic (exact) mass is 2540 g/mol. The summed E-state index contributed by atoms with van der Waals surface area (Å²) in [5.74, 6) is 0. The molecule has 0 saturated heterocycles. The van der Waals surface area contributed by atoms with Crippen molar-refractivity contribution in [2.45, 2.75) is 0 Å². The van der Waals surface area contributed by atoms with Crippen molar-refractivity contribution in [3.05, 3.63) is 507 Å². The highest BCUT2D eigenvalue weighted by molar-refractivity contribution is 14.1. The molecule has 10 nitrogen and oxygen atoms in total. The van der Waals surface area contributed by atoms with Gasteiger partial charge in [-0.15, -0.1) is 23.2 Å². The molecule has 1 aliphatic rings. The predicted molar refractivity (Wildman–Crippen MR) is 636 cm³/mol. The molecule has 139 heavy (non-hydrogen) atoms. The van der Waals surface area contributed by atoms with E-state index in [9.17, 15) is 0 Å². The molecule has 0 amide bonds. The van der Waals surface area contributed by atoms with Crippen molar-refractivity contribution in [3.8, 4) is 17.1 Å². The molecule has 0 fully saturated rings. The fourth-order valence-electron chi connectivity index (χ4n) is 16.4. The predicted octanol–water partition coefficient (Wildman–Crippen LogP) is 38.0. The lowest BCUT2D eigenvalue weighted by Gasteiger charge is -2.37. The van der Waals surface area contributed by atoms with Crippen LogP contribution in [0.25, 0.3) is 82.5 Å². The number of alkyl halides is 2. The molecule has 0 saturated carbocycles. The summed E-state index contributed by atoms with van der Waals surface area (Å²) in [6.45, 7) is -0.951. The quantitative estimate of drug-likeness (QED) is 0.0255. The Bertz CT molecular complexity index is 7570. The highest BCUT2D eigenvalue weighted by Gasteiger charge is 2.41. The molecule has 24 heteroatoms. The fraction of sp³-hybridized carbons (Fsp3) is 0.00870. The first kappa shape index (κ1) is 103. The highest BCUT2D eigenvalue weighted by Crippen LogP contribution is 2.55. The van der Waals surface area contributed by atoms with E-state index in [-0.39, 0.29) is 5.34 Å². The lowest BCUT2D eigenvalue weighted by molar-refractivity contribution is -0.176. The third-order valence-electron chi connectivity index (χ3n) is 22.5. The minimum atomic E-state index is -3.05. The summed E-state index contributed by atoms with van der Waals surface area (Å²) >= 11 is 46.6. The molecule has 0 atom stereocenters. The van der Waals surface area contributed by atoms with Crippen LogP contribution < -0.4 is 42.1 Å². The van der Waals surface area contributed by atoms with Crippen molar-refractivity contribution in [3.63, 3.8) is 0 Å². The van der Waals surface area contributed by atoms with Crippen LogP contribution in [-0.4, -0.2) is 29.6 Å². The minimum Gasteiger partial charge on any atom is -0.398 e. The number of nitrogens with zero attached hydrogens (tertiary/aromatic N) is 5. The van der Waals surface area contributed by atoms with Gasteiger partial charge >= 0.3 is 0 Å². The summed E-state index contributed by atoms with van der Waals surface area (Å²) in [5, 5.41) is 26.8. The third-order valence-corrected chi connectivity index (χ3v) is 34.0. The normalized spacial score (nSPS) is 11.3. The number of para-hydroxylation sites is 13. The van der Waals surface area contributed by atoms with Crippen LogP contribution in [0.1, 0.15) is 0 Å². The Morgan fingerprint density at radius 3 is 0.935 bits per heavy atom. The van der Waals surface area contributed by atoms with Gasteiger partial charge in [0, 0.05) is 122 Å². The molecule has 0 unspecified atom stereocenters. The molecule has 19 aromatic carbocycles. The van der Waals surface area contributed by atoms with E-state index >= 15 is 4.57 Å². The van der Waals surface area contributed by atoms with Gasteiger partial charge in [0.15, 0.2) is 7.14 Å². The van der Waals surface area contributed by atoms with Gasteiger partial charge in [-0.2, -0.15) is 0 Å². The van der Waals surface area contributed by atoms with Crippen LogP contribution >= 0.6 is 200 Å². The van der Waals surface area contributed by atoms with E-state index in [1.54, 1.807) is 0 Å². The van der Waals surface area contributed by atoms with Crippen molar-refractivity contribution in [2.75, 3.05) is 26.2 Å². The smallest absolute Gasteiger partial charge is 0.175 e. The standard InChI is InChI=1S/C36H25N2OP.C30H20Br2N2.C18H12IN.C12H9Br2N.C6H4BrI.C6H6BrN.C6H5Cl2P.CH2Cl2.H2O2/c39-40(28-12-2-1-3-13-28)35-20-10-8-18-33(35)38(34-19-9-11-21-36(34)40)27-24-22-26(23-25-27)37-31-16-6-4-14-29(31)30-15-5-7-17-32(30)37;31-25-11-3-7-15-29(25)34(30-16-8-4-12-26(30)32)22-19-17-21(18-20-22)33-27-13-5-1-9-23(27)24-10-2-6-14-28(24)33;19-13-9-11-14(12-10-13)20-17-7-3-1-5-15(17)16-6-2-4-8-18(16)20;13-9-5-1-3-7-11(9)15-12-8-4-2-6-10(12)14;2*7-5-3-1-2-4-6(5)8;7-9(8)6-4-2-1-3-5-6;2-1-3;1-2/h1-25H;1-20H;1-12H;1-8,15H;1-4H;1-4H,8H2;1-5H;1H2;1-2H. The van der Waals surface area contributed by atoms with Crippen LogP contribution in [-0.2, 0) is 4.57 Å². The number of halogens is 12. The first-order valence-electron chi connectivity index (χ1n) is 43.4. The number of hydrogen-bond donors (Lipinski definition) is 4. The summed E-state index contributed by atoms with van der Waals surface area (Å²) in [5.41, 5.74) is 25.4. The second-order valence-electron chi connectivity index (χ2n) is 30.8. The molecule has 0 bridgehead atoms. The molecule has 0 radical (unpaired) electrons. The van der Waals surface area contributed by atoms with E-state index in [1.165, 1.54) is 82.7 Å². The van der Waals surface area contributed by atoms with Gasteiger partial charge in [0.05, 0.1) is 72.6 Å². The average Bonchev–Trinajstić information content (AvgIpc) is 1.64. The Kier molecular flexibility index (Phi) is 37.5. The number of hydrogen-bond acceptors (Lipinski definition) is 7. The van der Waals surface area contributed by atoms with Gasteiger partial charge < -0.3 is 39.1 Å². The molecule has 3 aromatic heterocycles. The number of nitrogen functional groups attached to an aromatic ring is 1. The van der Waals surface area contributed by atoms with Crippen LogP contribution in [0.5, 0.6) is 0 Å². The van der Waals surface area contributed by atoms with Gasteiger partial charge in [0.2, 0.25) is 0 Å². The van der Waals surface area contributed by atoms with Crippen LogP contribution in [0.15, 0.2) is 500 Å². The molecule has 4 heterocycles. The molecule has 5 N–H and O–H groups in total. The van der Waals surface area contributed by atoms with Gasteiger partial charge in [-0.3, -0.25) is 10.5 Å². The average molecular weight is 2550 g/mol. The molecule has 0 spiro atoms. The summed E-state index contributed by atoms with van der Waals surface area (Å²) < 4.78 is 30.9. The molecule has 1 aliphatic heterocycles. The number of aromatic nitrogens is 3. The zero-order chi connectivity index (χ0) is 97.3. The lowest BCUT2D eigenvalue weighted by atomic mass is 10.1. The van der Waals surface area contributed by atoms with E-state index in [1.807, 2.05) is 200 Å². The topological polar surface area (TPSA) is 117 Å². The molecule has 23 rings (SSSR count). The number of fused-ring (bicyclic) bond motifs is 11. The molecular weight excluding hydrogens is 2460 g/mol. The Labute approximate surface area is 906 Å². The van der Waals surface area contributed by atoms with E-state index < -0.39 is 13.8 Å². The van der Waals surface area contributed by atoms with Crippen molar-refractivity contribution >= 4 is 338 Å². The van der Waals surface area contributed by atoms with E-state index in [0.29, 0.717) is 0 Å². The summed E-state index contributed by atoms with van der Waals surface area (Å²) in [6, 6.07) is 162. The number of anilines is 9. The second-order valence-corrected chi connectivity index (χ2v) is 45.4. The summed E-state index contributed by atoms with van der Waals surface area (Å²) in [7, 11) is -3.05. The first-order chi connectivity index (χ1) is 67.9. The summed E-state index contributed by atoms with van der Waals surface area (Å²) in [4.78, 5) is 4.52. The Morgan fingerprint density at radius 1 is 0.317 bits per heavy atom. The molecular formula is C115H85Br6Cl4I2N7O3P2. The van der Waals surface area contributed by atoms with Crippen LogP contribution in [0.2, 0.25) is 0 Å². The minimum absolute atomic E-state index is 0.194.